The van der Waals surface area contributed by atoms with E-state index >= 15 is 0 Å². The Morgan fingerprint density at radius 1 is 1.14 bits per heavy atom. The molecule has 0 bridgehead atoms. The molecule has 0 aliphatic heterocycles. The first-order valence-electron chi connectivity index (χ1n) is 4.83. The molecule has 1 rings (SSSR count). The van der Waals surface area contributed by atoms with Crippen LogP contribution < -0.4 is 4.74 Å². The molecular weight excluding hydrogens is 200 g/mol. The fourth-order valence-electron chi connectivity index (χ4n) is 1.13. The van der Waals surface area contributed by atoms with Gasteiger partial charge in [-0.2, -0.15) is 0 Å². The molecule has 0 aliphatic carbocycles. The number of benzene rings is 1. The summed E-state index contributed by atoms with van der Waals surface area (Å²) in [4.78, 5) is 0. The molecular formula is C11H15ClO2. The smallest absolute Gasteiger partial charge is 0.137 e. The Balaban J connectivity index is 2.21. The highest BCUT2D eigenvalue weighted by Gasteiger charge is 1.98. The van der Waals surface area contributed by atoms with Crippen LogP contribution in [0.2, 0.25) is 5.02 Å². The number of rotatable bonds is 6. The normalized spacial score (nSPS) is 10.1. The minimum absolute atomic E-state index is 0.256. The highest BCUT2D eigenvalue weighted by Crippen LogP contribution is 2.23. The Morgan fingerprint density at radius 2 is 1.93 bits per heavy atom. The van der Waals surface area contributed by atoms with Gasteiger partial charge < -0.3 is 9.84 Å². The van der Waals surface area contributed by atoms with Gasteiger partial charge in [-0.05, 0) is 31.4 Å². The van der Waals surface area contributed by atoms with Crippen LogP contribution >= 0.6 is 11.6 Å². The zero-order valence-electron chi connectivity index (χ0n) is 8.08. The number of halogens is 1. The summed E-state index contributed by atoms with van der Waals surface area (Å²) in [6.07, 6.45) is 2.78. The van der Waals surface area contributed by atoms with Crippen LogP contribution in [0.5, 0.6) is 5.75 Å². The lowest BCUT2D eigenvalue weighted by Gasteiger charge is -2.06. The maximum atomic E-state index is 8.56. The number of unbranched alkanes of at least 4 members (excludes halogenated alkanes) is 2. The van der Waals surface area contributed by atoms with Gasteiger partial charge in [0.1, 0.15) is 5.75 Å². The molecule has 1 N–H and O–H groups in total. The fraction of sp³-hybridized carbons (Fsp3) is 0.455. The van der Waals surface area contributed by atoms with Crippen LogP contribution in [0.25, 0.3) is 0 Å². The second-order valence-corrected chi connectivity index (χ2v) is 3.47. The van der Waals surface area contributed by atoms with Gasteiger partial charge in [-0.1, -0.05) is 23.7 Å². The first-order chi connectivity index (χ1) is 6.84. The van der Waals surface area contributed by atoms with Crippen LogP contribution in [-0.2, 0) is 0 Å². The van der Waals surface area contributed by atoms with Crippen molar-refractivity contribution in [3.8, 4) is 5.75 Å². The summed E-state index contributed by atoms with van der Waals surface area (Å²) in [5.74, 6) is 0.734. The Morgan fingerprint density at radius 3 is 2.64 bits per heavy atom. The average molecular weight is 215 g/mol. The van der Waals surface area contributed by atoms with Crippen molar-refractivity contribution in [2.45, 2.75) is 19.3 Å². The average Bonchev–Trinajstić information content (AvgIpc) is 2.20. The molecule has 0 fully saturated rings. The van der Waals surface area contributed by atoms with Crippen LogP contribution in [0.15, 0.2) is 24.3 Å². The van der Waals surface area contributed by atoms with Crippen molar-refractivity contribution in [1.82, 2.24) is 0 Å². The predicted molar refractivity (Wildman–Crippen MR) is 57.9 cm³/mol. The molecule has 0 aliphatic rings. The third-order valence-corrected chi connectivity index (χ3v) is 2.21. The molecule has 0 amide bonds. The first kappa shape index (κ1) is 11.3. The van der Waals surface area contributed by atoms with Crippen LogP contribution in [0, 0.1) is 0 Å². The van der Waals surface area contributed by atoms with Gasteiger partial charge >= 0.3 is 0 Å². The Hall–Kier alpha value is -0.730. The van der Waals surface area contributed by atoms with Crippen molar-refractivity contribution in [1.29, 1.82) is 0 Å². The zero-order valence-corrected chi connectivity index (χ0v) is 8.83. The minimum atomic E-state index is 0.256. The number of aliphatic hydroxyl groups excluding tert-OH is 1. The zero-order chi connectivity index (χ0) is 10.2. The number of ether oxygens (including phenoxy) is 1. The molecule has 0 radical (unpaired) electrons. The molecule has 0 heterocycles. The quantitative estimate of drug-likeness (QED) is 0.738. The molecule has 1 aromatic rings. The van der Waals surface area contributed by atoms with Crippen molar-refractivity contribution in [2.24, 2.45) is 0 Å². The lowest BCUT2D eigenvalue weighted by atomic mass is 10.2. The van der Waals surface area contributed by atoms with Crippen LogP contribution in [0.3, 0.4) is 0 Å². The summed E-state index contributed by atoms with van der Waals surface area (Å²) in [7, 11) is 0. The molecule has 3 heteroatoms. The third kappa shape index (κ3) is 3.99. The molecule has 0 saturated carbocycles. The highest BCUT2D eigenvalue weighted by molar-refractivity contribution is 6.32. The summed E-state index contributed by atoms with van der Waals surface area (Å²) in [5.41, 5.74) is 0. The molecule has 0 aromatic heterocycles. The molecule has 0 saturated heterocycles. The maximum absolute atomic E-state index is 8.56. The second kappa shape index (κ2) is 6.68. The first-order valence-corrected chi connectivity index (χ1v) is 5.20. The molecule has 78 valence electrons. The Kier molecular flexibility index (Phi) is 5.42. The van der Waals surface area contributed by atoms with Crippen LogP contribution in [0.1, 0.15) is 19.3 Å². The third-order valence-electron chi connectivity index (χ3n) is 1.90. The second-order valence-electron chi connectivity index (χ2n) is 3.06. The number of hydrogen-bond donors (Lipinski definition) is 1. The van der Waals surface area contributed by atoms with Gasteiger partial charge in [-0.25, -0.2) is 0 Å². The molecule has 14 heavy (non-hydrogen) atoms. The van der Waals surface area contributed by atoms with Crippen molar-refractivity contribution in [3.63, 3.8) is 0 Å². The van der Waals surface area contributed by atoms with E-state index in [-0.39, 0.29) is 6.61 Å². The summed E-state index contributed by atoms with van der Waals surface area (Å²) >= 11 is 5.90. The SMILES string of the molecule is OCCCCCOc1ccccc1Cl. The van der Waals surface area contributed by atoms with E-state index in [1.807, 2.05) is 24.3 Å². The van der Waals surface area contributed by atoms with E-state index in [9.17, 15) is 0 Å². The Labute approximate surface area is 89.5 Å². The van der Waals surface area contributed by atoms with Gasteiger partial charge in [0.2, 0.25) is 0 Å². The summed E-state index contributed by atoms with van der Waals surface area (Å²) < 4.78 is 5.47. The maximum Gasteiger partial charge on any atom is 0.137 e. The number of para-hydroxylation sites is 1. The van der Waals surface area contributed by atoms with Gasteiger partial charge in [-0.3, -0.25) is 0 Å². The largest absolute Gasteiger partial charge is 0.492 e. The molecule has 0 unspecified atom stereocenters. The summed E-state index contributed by atoms with van der Waals surface area (Å²) in [5, 5.41) is 9.21. The molecule has 2 nitrogen and oxygen atoms in total. The van der Waals surface area contributed by atoms with E-state index in [2.05, 4.69) is 0 Å². The number of aliphatic hydroxyl groups is 1. The van der Waals surface area contributed by atoms with Crippen LogP contribution in [-0.4, -0.2) is 18.3 Å². The number of hydrogen-bond acceptors (Lipinski definition) is 2. The molecule has 1 aromatic carbocycles. The lowest BCUT2D eigenvalue weighted by Crippen LogP contribution is -1.98. The van der Waals surface area contributed by atoms with Gasteiger partial charge in [0.05, 0.1) is 11.6 Å². The fourth-order valence-corrected chi connectivity index (χ4v) is 1.32. The summed E-state index contributed by atoms with van der Waals surface area (Å²) in [6.45, 7) is 0.913. The van der Waals surface area contributed by atoms with Gasteiger partial charge in [0.25, 0.3) is 0 Å². The monoisotopic (exact) mass is 214 g/mol. The van der Waals surface area contributed by atoms with Crippen molar-refractivity contribution in [3.05, 3.63) is 29.3 Å². The lowest BCUT2D eigenvalue weighted by molar-refractivity contribution is 0.266. The van der Waals surface area contributed by atoms with E-state index < -0.39 is 0 Å². The van der Waals surface area contributed by atoms with Crippen molar-refractivity contribution in [2.75, 3.05) is 13.2 Å². The van der Waals surface area contributed by atoms with Gasteiger partial charge in [0, 0.05) is 6.61 Å². The van der Waals surface area contributed by atoms with E-state index in [0.29, 0.717) is 11.6 Å². The topological polar surface area (TPSA) is 29.5 Å². The Bertz CT molecular complexity index is 263. The van der Waals surface area contributed by atoms with E-state index in [4.69, 9.17) is 21.4 Å². The van der Waals surface area contributed by atoms with E-state index in [0.717, 1.165) is 25.0 Å². The van der Waals surface area contributed by atoms with Gasteiger partial charge in [-0.15, -0.1) is 0 Å². The van der Waals surface area contributed by atoms with Crippen molar-refractivity contribution < 1.29 is 9.84 Å². The predicted octanol–water partition coefficient (Wildman–Crippen LogP) is 2.88. The minimum Gasteiger partial charge on any atom is -0.492 e. The standard InChI is InChI=1S/C11H15ClO2/c12-10-6-2-3-7-11(10)14-9-5-1-4-8-13/h2-3,6-7,13H,1,4-5,8-9H2. The van der Waals surface area contributed by atoms with Crippen molar-refractivity contribution >= 4 is 11.6 Å². The molecule has 0 spiro atoms. The van der Waals surface area contributed by atoms with Crippen LogP contribution in [0.4, 0.5) is 0 Å². The van der Waals surface area contributed by atoms with E-state index in [1.54, 1.807) is 0 Å². The highest BCUT2D eigenvalue weighted by atomic mass is 35.5. The van der Waals surface area contributed by atoms with E-state index in [1.165, 1.54) is 0 Å². The van der Waals surface area contributed by atoms with Gasteiger partial charge in [0.15, 0.2) is 0 Å². The molecule has 0 atom stereocenters. The summed E-state index contributed by atoms with van der Waals surface area (Å²) in [6, 6.07) is 7.44.